The Kier molecular flexibility index (Phi) is 5.06. The summed E-state index contributed by atoms with van der Waals surface area (Å²) in [4.78, 5) is 48.7. The molecule has 0 saturated carbocycles. The van der Waals surface area contributed by atoms with Crippen LogP contribution in [0.25, 0.3) is 16.6 Å². The summed E-state index contributed by atoms with van der Waals surface area (Å²) in [5.41, 5.74) is 1.32. The number of hydrogen-bond donors (Lipinski definition) is 1. The van der Waals surface area contributed by atoms with E-state index in [-0.39, 0.29) is 29.3 Å². The first-order chi connectivity index (χ1) is 18.3. The smallest absolute Gasteiger partial charge is 0.266 e. The number of hydrogen-bond acceptors (Lipinski definition) is 5. The number of anilines is 1. The summed E-state index contributed by atoms with van der Waals surface area (Å²) in [7, 11) is 0. The Hall–Kier alpha value is -3.62. The highest BCUT2D eigenvalue weighted by Crippen LogP contribution is 2.56. The summed E-state index contributed by atoms with van der Waals surface area (Å²) in [5.74, 6) is -1.07. The van der Waals surface area contributed by atoms with Crippen molar-refractivity contribution in [1.82, 2.24) is 14.9 Å². The molecule has 7 nitrogen and oxygen atoms in total. The predicted molar refractivity (Wildman–Crippen MR) is 148 cm³/mol. The molecule has 0 radical (unpaired) electrons. The van der Waals surface area contributed by atoms with Gasteiger partial charge in [-0.3, -0.25) is 24.3 Å². The largest absolute Gasteiger partial charge is 0.297 e. The topological polar surface area (TPSA) is 84.3 Å². The minimum Gasteiger partial charge on any atom is -0.297 e. The molecule has 4 atom stereocenters. The third-order valence-corrected chi connectivity index (χ3v) is 8.65. The summed E-state index contributed by atoms with van der Waals surface area (Å²) < 4.78 is 2.43. The number of nitrogens with one attached hydrogen (secondary N) is 1. The molecular weight excluding hydrogens is 544 g/mol. The Morgan fingerprint density at radius 1 is 0.974 bits per heavy atom. The lowest BCUT2D eigenvalue weighted by Gasteiger charge is -2.32. The van der Waals surface area contributed by atoms with Crippen molar-refractivity contribution in [3.8, 4) is 5.69 Å². The van der Waals surface area contributed by atoms with Crippen molar-refractivity contribution in [2.45, 2.75) is 31.8 Å². The number of fused-ring (bicyclic) bond motifs is 8. The number of para-hydroxylation sites is 2. The van der Waals surface area contributed by atoms with E-state index in [0.29, 0.717) is 34.5 Å². The van der Waals surface area contributed by atoms with Crippen LogP contribution in [0.5, 0.6) is 0 Å². The lowest BCUT2D eigenvalue weighted by Crippen LogP contribution is -2.50. The molecule has 2 fully saturated rings. The van der Waals surface area contributed by atoms with E-state index < -0.39 is 17.4 Å². The Labute approximate surface area is 227 Å². The fourth-order valence-corrected chi connectivity index (χ4v) is 7.19. The van der Waals surface area contributed by atoms with Crippen molar-refractivity contribution in [3.63, 3.8) is 0 Å². The second-order valence-corrected chi connectivity index (χ2v) is 11.7. The molecule has 38 heavy (non-hydrogen) atoms. The van der Waals surface area contributed by atoms with E-state index in [1.165, 1.54) is 4.90 Å². The number of benzene rings is 3. The van der Waals surface area contributed by atoms with E-state index in [4.69, 9.17) is 4.98 Å². The summed E-state index contributed by atoms with van der Waals surface area (Å²) in [6.07, 6.45) is 0.703. The Balaban J connectivity index is 1.52. The number of nitrogens with zero attached hydrogens (tertiary/aromatic N) is 3. The molecule has 3 aromatic carbocycles. The molecule has 4 unspecified atom stereocenters. The molecule has 3 aliphatic rings. The zero-order chi connectivity index (χ0) is 26.3. The van der Waals surface area contributed by atoms with Gasteiger partial charge in [-0.05, 0) is 48.7 Å². The maximum absolute atomic E-state index is 14.4. The van der Waals surface area contributed by atoms with Crippen LogP contribution in [-0.2, 0) is 15.1 Å². The quantitative estimate of drug-likeness (QED) is 0.367. The predicted octanol–water partition coefficient (Wildman–Crippen LogP) is 4.53. The minimum atomic E-state index is -1.11. The summed E-state index contributed by atoms with van der Waals surface area (Å²) >= 11 is 3.48. The molecule has 0 bridgehead atoms. The molecule has 2 amide bonds. The molecule has 4 aromatic rings. The molecular formula is C30H25BrN4O3. The first-order valence-corrected chi connectivity index (χ1v) is 13.7. The van der Waals surface area contributed by atoms with Crippen LogP contribution in [0.4, 0.5) is 5.69 Å². The number of rotatable bonds is 3. The molecule has 3 aliphatic heterocycles. The highest BCUT2D eigenvalue weighted by Gasteiger charge is 2.69. The summed E-state index contributed by atoms with van der Waals surface area (Å²) in [5, 5.41) is 4.26. The highest BCUT2D eigenvalue weighted by molar-refractivity contribution is 9.10. The Bertz CT molecular complexity index is 1730. The number of carbonyl (C=O) groups is 2. The third kappa shape index (κ3) is 2.98. The number of imide groups is 1. The van der Waals surface area contributed by atoms with Gasteiger partial charge in [0.05, 0.1) is 34.1 Å². The molecule has 7 rings (SSSR count). The minimum absolute atomic E-state index is 0.179. The Morgan fingerprint density at radius 2 is 1.74 bits per heavy atom. The van der Waals surface area contributed by atoms with E-state index >= 15 is 0 Å². The van der Waals surface area contributed by atoms with Crippen LogP contribution in [0.15, 0.2) is 82.1 Å². The summed E-state index contributed by atoms with van der Waals surface area (Å²) in [6.45, 7) is 4.23. The fraction of sp³-hybridized carbons (Fsp3) is 0.267. The average molecular weight is 569 g/mol. The zero-order valence-electron chi connectivity index (χ0n) is 20.9. The maximum Gasteiger partial charge on any atom is 0.266 e. The van der Waals surface area contributed by atoms with Crippen LogP contribution in [-0.4, -0.2) is 27.4 Å². The van der Waals surface area contributed by atoms with Gasteiger partial charge in [-0.25, -0.2) is 9.88 Å². The van der Waals surface area contributed by atoms with E-state index in [0.717, 1.165) is 10.0 Å². The molecule has 1 spiro atoms. The SMILES string of the molecule is CC(C)CC1NC2(c3ccccc3-n3c2nc2ccccc2c3=O)C2C(=O)N(c3cccc(Br)c3)C(=O)C12. The Morgan fingerprint density at radius 3 is 2.53 bits per heavy atom. The van der Waals surface area contributed by atoms with Crippen LogP contribution in [0.1, 0.15) is 31.7 Å². The summed E-state index contributed by atoms with van der Waals surface area (Å²) in [6, 6.07) is 21.9. The lowest BCUT2D eigenvalue weighted by molar-refractivity contribution is -0.123. The van der Waals surface area contributed by atoms with E-state index in [1.807, 2.05) is 54.6 Å². The third-order valence-electron chi connectivity index (χ3n) is 8.15. The van der Waals surface area contributed by atoms with Crippen molar-refractivity contribution in [2.75, 3.05) is 4.90 Å². The van der Waals surface area contributed by atoms with Crippen LogP contribution < -0.4 is 15.8 Å². The van der Waals surface area contributed by atoms with Crippen molar-refractivity contribution in [3.05, 3.63) is 99.0 Å². The van der Waals surface area contributed by atoms with E-state index in [1.54, 1.807) is 22.8 Å². The van der Waals surface area contributed by atoms with Crippen LogP contribution >= 0.6 is 15.9 Å². The lowest BCUT2D eigenvalue weighted by atomic mass is 9.75. The molecule has 4 heterocycles. The molecule has 0 aliphatic carbocycles. The maximum atomic E-state index is 14.4. The molecule has 8 heteroatoms. The number of carbonyl (C=O) groups excluding carboxylic acids is 2. The van der Waals surface area contributed by atoms with Crippen molar-refractivity contribution < 1.29 is 9.59 Å². The number of amides is 2. The van der Waals surface area contributed by atoms with Crippen LogP contribution in [0, 0.1) is 17.8 Å². The second-order valence-electron chi connectivity index (χ2n) is 10.8. The van der Waals surface area contributed by atoms with Crippen LogP contribution in [0.2, 0.25) is 0 Å². The van der Waals surface area contributed by atoms with Gasteiger partial charge in [0, 0.05) is 16.1 Å². The van der Waals surface area contributed by atoms with Crippen LogP contribution in [0.3, 0.4) is 0 Å². The monoisotopic (exact) mass is 568 g/mol. The molecule has 1 aromatic heterocycles. The van der Waals surface area contributed by atoms with E-state index in [2.05, 4.69) is 35.1 Å². The fourth-order valence-electron chi connectivity index (χ4n) is 6.80. The highest BCUT2D eigenvalue weighted by atomic mass is 79.9. The molecule has 190 valence electrons. The zero-order valence-corrected chi connectivity index (χ0v) is 22.5. The first kappa shape index (κ1) is 23.5. The van der Waals surface area contributed by atoms with Gasteiger partial charge in [0.15, 0.2) is 0 Å². The van der Waals surface area contributed by atoms with Gasteiger partial charge in [0.2, 0.25) is 11.8 Å². The van der Waals surface area contributed by atoms with Crippen molar-refractivity contribution in [1.29, 1.82) is 0 Å². The van der Waals surface area contributed by atoms with Crippen molar-refractivity contribution >= 4 is 44.3 Å². The van der Waals surface area contributed by atoms with Gasteiger partial charge in [-0.15, -0.1) is 0 Å². The normalized spacial score (nSPS) is 25.5. The molecule has 2 saturated heterocycles. The van der Waals surface area contributed by atoms with Gasteiger partial charge in [-0.1, -0.05) is 66.2 Å². The van der Waals surface area contributed by atoms with Gasteiger partial charge in [-0.2, -0.15) is 0 Å². The van der Waals surface area contributed by atoms with Gasteiger partial charge >= 0.3 is 0 Å². The number of aromatic nitrogens is 2. The van der Waals surface area contributed by atoms with Gasteiger partial charge in [0.1, 0.15) is 11.4 Å². The standard InChI is InChI=1S/C30H25BrN4O3/c1-16(2)14-22-24-25(28(38)34(27(24)37)18-9-7-8-17(31)15-18)30(33-22)20-11-4-6-13-23(20)35-26(36)19-10-3-5-12-21(19)32-29(30)35/h3-13,15-16,22,24-25,33H,14H2,1-2H3. The van der Waals surface area contributed by atoms with E-state index in [9.17, 15) is 14.4 Å². The van der Waals surface area contributed by atoms with Gasteiger partial charge in [0.25, 0.3) is 5.56 Å². The first-order valence-electron chi connectivity index (χ1n) is 12.9. The van der Waals surface area contributed by atoms with Crippen molar-refractivity contribution in [2.24, 2.45) is 17.8 Å². The average Bonchev–Trinajstić information content (AvgIpc) is 3.47. The van der Waals surface area contributed by atoms with Gasteiger partial charge < -0.3 is 0 Å². The second kappa shape index (κ2) is 8.19. The molecule has 1 N–H and O–H groups in total. The number of halogens is 1.